The SMILES string of the molecule is Cc1cccc(CN(CC(=O)O)CC(C)C)n1. The Balaban J connectivity index is 2.67. The van der Waals surface area contributed by atoms with Crippen LogP contribution in [0.25, 0.3) is 0 Å². The average molecular weight is 236 g/mol. The van der Waals surface area contributed by atoms with E-state index in [1.165, 1.54) is 0 Å². The number of nitrogens with zero attached hydrogens (tertiary/aromatic N) is 2. The largest absolute Gasteiger partial charge is 0.480 e. The summed E-state index contributed by atoms with van der Waals surface area (Å²) in [6, 6.07) is 5.82. The minimum Gasteiger partial charge on any atom is -0.480 e. The molecule has 0 aliphatic carbocycles. The standard InChI is InChI=1S/C13H20N2O2/c1-10(2)7-15(9-13(16)17)8-12-6-4-5-11(3)14-12/h4-6,10H,7-9H2,1-3H3,(H,16,17). The molecule has 0 amide bonds. The highest BCUT2D eigenvalue weighted by Gasteiger charge is 2.12. The second-order valence-corrected chi connectivity index (χ2v) is 4.73. The quantitative estimate of drug-likeness (QED) is 0.820. The van der Waals surface area contributed by atoms with Crippen molar-refractivity contribution in [2.75, 3.05) is 13.1 Å². The Morgan fingerprint density at radius 2 is 2.18 bits per heavy atom. The van der Waals surface area contributed by atoms with Gasteiger partial charge in [-0.3, -0.25) is 14.7 Å². The van der Waals surface area contributed by atoms with E-state index in [1.807, 2.05) is 30.0 Å². The van der Waals surface area contributed by atoms with Crippen molar-refractivity contribution < 1.29 is 9.90 Å². The molecule has 0 aliphatic heterocycles. The summed E-state index contributed by atoms with van der Waals surface area (Å²) in [7, 11) is 0. The summed E-state index contributed by atoms with van der Waals surface area (Å²) in [5.74, 6) is -0.350. The van der Waals surface area contributed by atoms with Gasteiger partial charge in [0.05, 0.1) is 12.2 Å². The van der Waals surface area contributed by atoms with Gasteiger partial charge in [0, 0.05) is 18.8 Å². The van der Waals surface area contributed by atoms with Gasteiger partial charge in [0.15, 0.2) is 0 Å². The van der Waals surface area contributed by atoms with E-state index in [0.717, 1.165) is 17.9 Å². The highest BCUT2D eigenvalue weighted by Crippen LogP contribution is 2.06. The molecule has 0 aromatic carbocycles. The van der Waals surface area contributed by atoms with Crippen molar-refractivity contribution >= 4 is 5.97 Å². The van der Waals surface area contributed by atoms with Crippen molar-refractivity contribution in [2.45, 2.75) is 27.3 Å². The zero-order valence-corrected chi connectivity index (χ0v) is 10.7. The normalized spacial score (nSPS) is 11.1. The van der Waals surface area contributed by atoms with Gasteiger partial charge >= 0.3 is 5.97 Å². The number of carbonyl (C=O) groups is 1. The minimum absolute atomic E-state index is 0.0633. The lowest BCUT2D eigenvalue weighted by molar-refractivity contribution is -0.138. The second-order valence-electron chi connectivity index (χ2n) is 4.73. The summed E-state index contributed by atoms with van der Waals surface area (Å²) in [6.07, 6.45) is 0. The van der Waals surface area contributed by atoms with Crippen LogP contribution in [0.1, 0.15) is 25.2 Å². The van der Waals surface area contributed by atoms with Gasteiger partial charge in [0.1, 0.15) is 0 Å². The molecule has 1 aromatic heterocycles. The molecule has 1 aromatic rings. The van der Waals surface area contributed by atoms with Crippen molar-refractivity contribution in [3.05, 3.63) is 29.6 Å². The third-order valence-corrected chi connectivity index (χ3v) is 2.31. The number of hydrogen-bond donors (Lipinski definition) is 1. The molecular weight excluding hydrogens is 216 g/mol. The summed E-state index contributed by atoms with van der Waals surface area (Å²) in [6.45, 7) is 7.52. The van der Waals surface area contributed by atoms with Gasteiger partial charge in [0.25, 0.3) is 0 Å². The summed E-state index contributed by atoms with van der Waals surface area (Å²) in [5.41, 5.74) is 1.88. The molecule has 0 atom stereocenters. The fraction of sp³-hybridized carbons (Fsp3) is 0.538. The number of hydrogen-bond acceptors (Lipinski definition) is 3. The average Bonchev–Trinajstić information content (AvgIpc) is 2.14. The third-order valence-electron chi connectivity index (χ3n) is 2.31. The number of rotatable bonds is 6. The molecule has 0 saturated heterocycles. The number of aliphatic carboxylic acids is 1. The summed E-state index contributed by atoms with van der Waals surface area (Å²) >= 11 is 0. The molecule has 0 bridgehead atoms. The zero-order chi connectivity index (χ0) is 12.8. The minimum atomic E-state index is -0.793. The first kappa shape index (κ1) is 13.6. The molecule has 4 nitrogen and oxygen atoms in total. The number of carboxylic acids is 1. The van der Waals surface area contributed by atoms with Gasteiger partial charge in [-0.1, -0.05) is 19.9 Å². The number of carboxylic acid groups (broad SMARTS) is 1. The van der Waals surface area contributed by atoms with Crippen LogP contribution >= 0.6 is 0 Å². The van der Waals surface area contributed by atoms with Crippen LogP contribution in [0.4, 0.5) is 0 Å². The van der Waals surface area contributed by atoms with Crippen LogP contribution in [-0.4, -0.2) is 34.0 Å². The van der Waals surface area contributed by atoms with E-state index in [4.69, 9.17) is 5.11 Å². The van der Waals surface area contributed by atoms with Gasteiger partial charge in [-0.05, 0) is 25.0 Å². The molecule has 4 heteroatoms. The first-order valence-electron chi connectivity index (χ1n) is 5.84. The van der Waals surface area contributed by atoms with Gasteiger partial charge in [0.2, 0.25) is 0 Å². The maximum Gasteiger partial charge on any atom is 0.317 e. The van der Waals surface area contributed by atoms with Crippen LogP contribution in [0.3, 0.4) is 0 Å². The monoisotopic (exact) mass is 236 g/mol. The molecular formula is C13H20N2O2. The lowest BCUT2D eigenvalue weighted by Gasteiger charge is -2.21. The topological polar surface area (TPSA) is 53.4 Å². The summed E-state index contributed by atoms with van der Waals surface area (Å²) < 4.78 is 0. The third kappa shape index (κ3) is 5.45. The summed E-state index contributed by atoms with van der Waals surface area (Å²) in [5, 5.41) is 8.87. The fourth-order valence-electron chi connectivity index (χ4n) is 1.81. The lowest BCUT2D eigenvalue weighted by Crippen LogP contribution is -2.32. The van der Waals surface area contributed by atoms with E-state index >= 15 is 0 Å². The van der Waals surface area contributed by atoms with Gasteiger partial charge in [-0.2, -0.15) is 0 Å². The lowest BCUT2D eigenvalue weighted by atomic mass is 10.2. The molecule has 1 heterocycles. The van der Waals surface area contributed by atoms with E-state index in [1.54, 1.807) is 0 Å². The molecule has 1 rings (SSSR count). The van der Waals surface area contributed by atoms with Gasteiger partial charge in [-0.15, -0.1) is 0 Å². The van der Waals surface area contributed by atoms with E-state index in [2.05, 4.69) is 18.8 Å². The highest BCUT2D eigenvalue weighted by atomic mass is 16.4. The molecule has 0 unspecified atom stereocenters. The van der Waals surface area contributed by atoms with Crippen LogP contribution in [0.2, 0.25) is 0 Å². The van der Waals surface area contributed by atoms with Crippen LogP contribution < -0.4 is 0 Å². The van der Waals surface area contributed by atoms with Crippen molar-refractivity contribution in [1.82, 2.24) is 9.88 Å². The molecule has 0 fully saturated rings. The van der Waals surface area contributed by atoms with Crippen molar-refractivity contribution in [3.63, 3.8) is 0 Å². The Labute approximate surface area is 102 Å². The smallest absolute Gasteiger partial charge is 0.317 e. The maximum absolute atomic E-state index is 10.8. The van der Waals surface area contributed by atoms with Crippen LogP contribution in [0.5, 0.6) is 0 Å². The number of aryl methyl sites for hydroxylation is 1. The maximum atomic E-state index is 10.8. The van der Waals surface area contributed by atoms with E-state index < -0.39 is 5.97 Å². The first-order chi connectivity index (χ1) is 7.97. The molecule has 0 radical (unpaired) electrons. The van der Waals surface area contributed by atoms with Crippen molar-refractivity contribution in [3.8, 4) is 0 Å². The van der Waals surface area contributed by atoms with E-state index in [0.29, 0.717) is 12.5 Å². The molecule has 1 N–H and O–H groups in total. The number of aromatic nitrogens is 1. The molecule has 17 heavy (non-hydrogen) atoms. The molecule has 94 valence electrons. The van der Waals surface area contributed by atoms with Crippen LogP contribution in [-0.2, 0) is 11.3 Å². The zero-order valence-electron chi connectivity index (χ0n) is 10.7. The Morgan fingerprint density at radius 1 is 1.47 bits per heavy atom. The molecule has 0 aliphatic rings. The summed E-state index contributed by atoms with van der Waals surface area (Å²) in [4.78, 5) is 17.1. The Kier molecular flexibility index (Phi) is 5.10. The molecule has 0 spiro atoms. The first-order valence-corrected chi connectivity index (χ1v) is 5.84. The van der Waals surface area contributed by atoms with Crippen LogP contribution in [0.15, 0.2) is 18.2 Å². The Morgan fingerprint density at radius 3 is 2.71 bits per heavy atom. The predicted molar refractivity (Wildman–Crippen MR) is 66.7 cm³/mol. The van der Waals surface area contributed by atoms with E-state index in [-0.39, 0.29) is 6.54 Å². The highest BCUT2D eigenvalue weighted by molar-refractivity contribution is 5.69. The van der Waals surface area contributed by atoms with E-state index in [9.17, 15) is 4.79 Å². The Bertz CT molecular complexity index is 377. The molecule has 0 saturated carbocycles. The van der Waals surface area contributed by atoms with Gasteiger partial charge < -0.3 is 5.11 Å². The van der Waals surface area contributed by atoms with Crippen LogP contribution in [0, 0.1) is 12.8 Å². The van der Waals surface area contributed by atoms with Gasteiger partial charge in [-0.25, -0.2) is 0 Å². The fourth-order valence-corrected chi connectivity index (χ4v) is 1.81. The second kappa shape index (κ2) is 6.35. The number of pyridine rings is 1. The van der Waals surface area contributed by atoms with Crippen molar-refractivity contribution in [1.29, 1.82) is 0 Å². The Hall–Kier alpha value is -1.42. The predicted octanol–water partition coefficient (Wildman–Crippen LogP) is 1.93. The van der Waals surface area contributed by atoms with Crippen molar-refractivity contribution in [2.24, 2.45) is 5.92 Å².